The number of allylic oxidation sites excluding steroid dienone is 1. The van der Waals surface area contributed by atoms with E-state index < -0.39 is 5.60 Å². The zero-order valence-corrected chi connectivity index (χ0v) is 10.3. The highest BCUT2D eigenvalue weighted by molar-refractivity contribution is 6.08. The van der Waals surface area contributed by atoms with Crippen LogP contribution in [-0.2, 0) is 9.47 Å². The minimum atomic E-state index is -0.501. The van der Waals surface area contributed by atoms with E-state index >= 15 is 0 Å². The number of fused-ring (bicyclic) bond motifs is 1. The molecule has 0 aromatic rings. The monoisotopic (exact) mass is 236 g/mol. The van der Waals surface area contributed by atoms with Crippen molar-refractivity contribution in [1.82, 2.24) is 4.90 Å². The molecular weight excluding hydrogens is 220 g/mol. The third kappa shape index (κ3) is 2.87. The van der Waals surface area contributed by atoms with E-state index in [2.05, 4.69) is 4.99 Å². The quantitative estimate of drug-likeness (QED) is 0.647. The summed E-state index contributed by atoms with van der Waals surface area (Å²) in [7, 11) is 0. The van der Waals surface area contributed by atoms with Gasteiger partial charge in [0.15, 0.2) is 12.5 Å². The van der Waals surface area contributed by atoms with Crippen LogP contribution in [-0.4, -0.2) is 35.6 Å². The zero-order valence-electron chi connectivity index (χ0n) is 10.3. The number of hydrogen-bond acceptors (Lipinski definition) is 4. The normalized spacial score (nSPS) is 18.9. The Bertz CT molecular complexity index is 416. The molecule has 2 rings (SSSR count). The van der Waals surface area contributed by atoms with E-state index in [-0.39, 0.29) is 6.09 Å². The molecule has 0 bridgehead atoms. The molecule has 2 aliphatic rings. The molecule has 0 aromatic carbocycles. The fourth-order valence-electron chi connectivity index (χ4n) is 1.48. The Hall–Kier alpha value is -1.78. The highest BCUT2D eigenvalue weighted by Crippen LogP contribution is 2.17. The van der Waals surface area contributed by atoms with Crippen molar-refractivity contribution >= 4 is 11.8 Å². The molecule has 5 nitrogen and oxygen atoms in total. The average Bonchev–Trinajstić information content (AvgIpc) is 2.53. The second-order valence-electron chi connectivity index (χ2n) is 4.85. The Balaban J connectivity index is 2.13. The molecule has 0 spiro atoms. The average molecular weight is 236 g/mol. The van der Waals surface area contributed by atoms with Gasteiger partial charge < -0.3 is 9.47 Å². The summed E-state index contributed by atoms with van der Waals surface area (Å²) in [6, 6.07) is 0. The summed E-state index contributed by atoms with van der Waals surface area (Å²) in [5.74, 6) is 0.615. The lowest BCUT2D eigenvalue weighted by Gasteiger charge is -2.24. The minimum Gasteiger partial charge on any atom is -0.468 e. The van der Waals surface area contributed by atoms with E-state index in [1.165, 1.54) is 4.90 Å². The molecule has 0 N–H and O–H groups in total. The van der Waals surface area contributed by atoms with Crippen LogP contribution in [0.5, 0.6) is 0 Å². The van der Waals surface area contributed by atoms with Crippen LogP contribution in [0.1, 0.15) is 20.8 Å². The second kappa shape index (κ2) is 4.24. The summed E-state index contributed by atoms with van der Waals surface area (Å²) in [5, 5.41) is 0. The van der Waals surface area contributed by atoms with Crippen molar-refractivity contribution in [2.45, 2.75) is 26.4 Å². The molecule has 2 heterocycles. The topological polar surface area (TPSA) is 51.1 Å². The number of ether oxygens (including phenoxy) is 2. The zero-order chi connectivity index (χ0) is 12.5. The maximum atomic E-state index is 11.9. The molecule has 0 unspecified atom stereocenters. The van der Waals surface area contributed by atoms with Gasteiger partial charge in [-0.2, -0.15) is 0 Å². The molecule has 0 atom stereocenters. The van der Waals surface area contributed by atoms with Gasteiger partial charge >= 0.3 is 6.09 Å². The largest absolute Gasteiger partial charge is 0.468 e. The molecule has 0 radical (unpaired) electrons. The Morgan fingerprint density at radius 3 is 3.00 bits per heavy atom. The van der Waals surface area contributed by atoms with Crippen LogP contribution < -0.4 is 0 Å². The van der Waals surface area contributed by atoms with Crippen LogP contribution in [0.25, 0.3) is 0 Å². The first-order chi connectivity index (χ1) is 7.96. The second-order valence-corrected chi connectivity index (χ2v) is 4.85. The van der Waals surface area contributed by atoms with E-state index in [9.17, 15) is 4.79 Å². The van der Waals surface area contributed by atoms with Gasteiger partial charge in [-0.05, 0) is 26.8 Å². The van der Waals surface area contributed by atoms with E-state index in [1.54, 1.807) is 6.20 Å². The van der Waals surface area contributed by atoms with Crippen LogP contribution in [0.3, 0.4) is 0 Å². The first kappa shape index (κ1) is 11.7. The predicted octanol–water partition coefficient (Wildman–Crippen LogP) is 2.06. The Kier molecular flexibility index (Phi) is 2.92. The first-order valence-corrected chi connectivity index (χ1v) is 5.51. The van der Waals surface area contributed by atoms with E-state index in [0.29, 0.717) is 19.0 Å². The third-order valence-electron chi connectivity index (χ3n) is 2.19. The molecule has 1 amide bonds. The van der Waals surface area contributed by atoms with Gasteiger partial charge in [-0.15, -0.1) is 0 Å². The number of aliphatic imine (C=N–C) groups is 1. The van der Waals surface area contributed by atoms with Crippen molar-refractivity contribution in [2.75, 3.05) is 13.3 Å². The molecule has 0 fully saturated rings. The fraction of sp³-hybridized carbons (Fsp3) is 0.500. The first-order valence-electron chi connectivity index (χ1n) is 5.51. The Morgan fingerprint density at radius 1 is 1.53 bits per heavy atom. The SMILES string of the molecule is CC(C)(C)OC(=O)N1C=C2OCN=C2C=CC1. The van der Waals surface area contributed by atoms with Gasteiger partial charge in [0.05, 0.1) is 6.20 Å². The molecule has 17 heavy (non-hydrogen) atoms. The lowest BCUT2D eigenvalue weighted by Crippen LogP contribution is -2.33. The van der Waals surface area contributed by atoms with Crippen molar-refractivity contribution in [3.05, 3.63) is 24.1 Å². The van der Waals surface area contributed by atoms with E-state index in [0.717, 1.165) is 5.71 Å². The van der Waals surface area contributed by atoms with Gasteiger partial charge in [-0.1, -0.05) is 6.08 Å². The summed E-state index contributed by atoms with van der Waals surface area (Å²) in [6.07, 6.45) is 4.97. The standard InChI is InChI=1S/C12H16N2O3/c1-12(2,3)17-11(15)14-6-4-5-9-10(7-14)16-8-13-9/h4-5,7H,6,8H2,1-3H3. The van der Waals surface area contributed by atoms with Crippen LogP contribution in [0.4, 0.5) is 4.79 Å². The highest BCUT2D eigenvalue weighted by Gasteiger charge is 2.24. The van der Waals surface area contributed by atoms with E-state index in [4.69, 9.17) is 9.47 Å². The predicted molar refractivity (Wildman–Crippen MR) is 63.6 cm³/mol. The lowest BCUT2D eigenvalue weighted by molar-refractivity contribution is 0.0346. The molecule has 2 aliphatic heterocycles. The van der Waals surface area contributed by atoms with Crippen molar-refractivity contribution in [3.8, 4) is 0 Å². The van der Waals surface area contributed by atoms with Crippen molar-refractivity contribution in [1.29, 1.82) is 0 Å². The number of rotatable bonds is 0. The molecule has 0 aromatic heterocycles. The number of hydrogen-bond donors (Lipinski definition) is 0. The summed E-state index contributed by atoms with van der Waals surface area (Å²) in [4.78, 5) is 17.5. The molecule has 92 valence electrons. The maximum Gasteiger partial charge on any atom is 0.414 e. The Labute approximate surface area is 100 Å². The van der Waals surface area contributed by atoms with Crippen LogP contribution in [0, 0.1) is 0 Å². The van der Waals surface area contributed by atoms with Gasteiger partial charge in [0.25, 0.3) is 0 Å². The smallest absolute Gasteiger partial charge is 0.414 e. The van der Waals surface area contributed by atoms with E-state index in [1.807, 2.05) is 32.9 Å². The summed E-state index contributed by atoms with van der Waals surface area (Å²) in [5.41, 5.74) is 0.273. The summed E-state index contributed by atoms with van der Waals surface area (Å²) < 4.78 is 10.6. The van der Waals surface area contributed by atoms with Crippen molar-refractivity contribution < 1.29 is 14.3 Å². The van der Waals surface area contributed by atoms with Gasteiger partial charge in [0.1, 0.15) is 11.3 Å². The van der Waals surface area contributed by atoms with Crippen molar-refractivity contribution in [2.24, 2.45) is 4.99 Å². The molecule has 0 aliphatic carbocycles. The number of amides is 1. The van der Waals surface area contributed by atoms with Gasteiger partial charge in [0, 0.05) is 6.54 Å². The molecular formula is C12H16N2O3. The third-order valence-corrected chi connectivity index (χ3v) is 2.19. The van der Waals surface area contributed by atoms with Crippen LogP contribution >= 0.6 is 0 Å². The molecule has 0 saturated heterocycles. The Morgan fingerprint density at radius 2 is 2.29 bits per heavy atom. The van der Waals surface area contributed by atoms with Gasteiger partial charge in [-0.25, -0.2) is 9.79 Å². The maximum absolute atomic E-state index is 11.9. The number of nitrogens with zero attached hydrogens (tertiary/aromatic N) is 2. The molecule has 5 heteroatoms. The summed E-state index contributed by atoms with van der Waals surface area (Å²) in [6.45, 7) is 6.29. The van der Waals surface area contributed by atoms with Gasteiger partial charge in [0.2, 0.25) is 0 Å². The lowest BCUT2D eigenvalue weighted by atomic mass is 10.2. The van der Waals surface area contributed by atoms with Crippen LogP contribution in [0.15, 0.2) is 29.1 Å². The number of carbonyl (C=O) groups excluding carboxylic acids is 1. The minimum absolute atomic E-state index is 0.313. The van der Waals surface area contributed by atoms with Crippen LogP contribution in [0.2, 0.25) is 0 Å². The summed E-state index contributed by atoms with van der Waals surface area (Å²) >= 11 is 0. The molecule has 0 saturated carbocycles. The fourth-order valence-corrected chi connectivity index (χ4v) is 1.48. The number of carbonyl (C=O) groups is 1. The highest BCUT2D eigenvalue weighted by atomic mass is 16.6. The van der Waals surface area contributed by atoms with Gasteiger partial charge in [-0.3, -0.25) is 4.90 Å². The van der Waals surface area contributed by atoms with Crippen molar-refractivity contribution in [3.63, 3.8) is 0 Å².